The van der Waals surface area contributed by atoms with E-state index in [1.54, 1.807) is 19.1 Å². The second kappa shape index (κ2) is 5.70. The molecule has 0 aromatic carbocycles. The molecule has 1 aromatic heterocycles. The molecule has 1 rings (SSSR count). The zero-order valence-corrected chi connectivity index (χ0v) is 10.9. The van der Waals surface area contributed by atoms with Crippen molar-refractivity contribution in [1.82, 2.24) is 4.72 Å². The van der Waals surface area contributed by atoms with Crippen LogP contribution >= 0.6 is 11.6 Å². The summed E-state index contributed by atoms with van der Waals surface area (Å²) < 4.78 is 30.9. The molecule has 1 unspecified atom stereocenters. The van der Waals surface area contributed by atoms with Gasteiger partial charge >= 0.3 is 0 Å². The van der Waals surface area contributed by atoms with E-state index in [1.807, 2.05) is 6.92 Å². The number of furan rings is 1. The van der Waals surface area contributed by atoms with Crippen LogP contribution in [-0.4, -0.2) is 20.1 Å². The molecule has 92 valence electrons. The summed E-state index contributed by atoms with van der Waals surface area (Å²) in [5.74, 6) is 1.69. The summed E-state index contributed by atoms with van der Waals surface area (Å²) in [4.78, 5) is 0. The van der Waals surface area contributed by atoms with Crippen LogP contribution in [0, 0.1) is 12.8 Å². The summed E-state index contributed by atoms with van der Waals surface area (Å²) >= 11 is 5.57. The van der Waals surface area contributed by atoms with Gasteiger partial charge in [-0.15, -0.1) is 11.6 Å². The number of halogens is 1. The number of aryl methyl sites for hydroxylation is 1. The Kier molecular flexibility index (Phi) is 4.83. The standard InChI is InChI=1S/C10H16ClNO3S/c1-8(5-11)7-16(13,14)12-6-10-4-3-9(2)15-10/h3-4,8,12H,5-7H2,1-2H3. The largest absolute Gasteiger partial charge is 0.465 e. The Morgan fingerprint density at radius 1 is 1.50 bits per heavy atom. The molecule has 0 amide bonds. The second-order valence-electron chi connectivity index (χ2n) is 3.87. The van der Waals surface area contributed by atoms with Gasteiger partial charge in [0, 0.05) is 5.88 Å². The maximum Gasteiger partial charge on any atom is 0.212 e. The molecule has 1 atom stereocenters. The lowest BCUT2D eigenvalue weighted by Crippen LogP contribution is -2.29. The topological polar surface area (TPSA) is 59.3 Å². The Labute approximate surface area is 101 Å². The highest BCUT2D eigenvalue weighted by molar-refractivity contribution is 7.89. The molecule has 4 nitrogen and oxygen atoms in total. The molecular weight excluding hydrogens is 250 g/mol. The normalized spacial score (nSPS) is 13.9. The van der Waals surface area contributed by atoms with Crippen molar-refractivity contribution < 1.29 is 12.8 Å². The van der Waals surface area contributed by atoms with Crippen molar-refractivity contribution in [2.75, 3.05) is 11.6 Å². The van der Waals surface area contributed by atoms with E-state index in [0.717, 1.165) is 5.76 Å². The van der Waals surface area contributed by atoms with Crippen LogP contribution in [0.25, 0.3) is 0 Å². The zero-order valence-electron chi connectivity index (χ0n) is 9.36. The van der Waals surface area contributed by atoms with Crippen LogP contribution in [0.2, 0.25) is 0 Å². The summed E-state index contributed by atoms with van der Waals surface area (Å²) in [5, 5.41) is 0. The lowest BCUT2D eigenvalue weighted by atomic mass is 10.3. The molecule has 0 fully saturated rings. The van der Waals surface area contributed by atoms with Crippen molar-refractivity contribution in [1.29, 1.82) is 0 Å². The molecule has 0 aliphatic carbocycles. The molecule has 0 aliphatic rings. The molecule has 0 aliphatic heterocycles. The van der Waals surface area contributed by atoms with Crippen LogP contribution in [0.3, 0.4) is 0 Å². The number of rotatable bonds is 6. The van der Waals surface area contributed by atoms with Gasteiger partial charge in [-0.05, 0) is 25.0 Å². The Morgan fingerprint density at radius 3 is 2.69 bits per heavy atom. The fourth-order valence-electron chi connectivity index (χ4n) is 1.24. The lowest BCUT2D eigenvalue weighted by molar-refractivity contribution is 0.474. The molecule has 0 radical (unpaired) electrons. The van der Waals surface area contributed by atoms with Gasteiger partial charge in [-0.1, -0.05) is 6.92 Å². The Bertz CT molecular complexity index is 427. The van der Waals surface area contributed by atoms with Crippen molar-refractivity contribution in [2.45, 2.75) is 20.4 Å². The van der Waals surface area contributed by atoms with Crippen LogP contribution in [0.4, 0.5) is 0 Å². The van der Waals surface area contributed by atoms with Gasteiger partial charge in [-0.25, -0.2) is 13.1 Å². The summed E-state index contributed by atoms with van der Waals surface area (Å²) in [6.07, 6.45) is 0. The van der Waals surface area contributed by atoms with Gasteiger partial charge in [0.05, 0.1) is 12.3 Å². The van der Waals surface area contributed by atoms with Gasteiger partial charge in [0.15, 0.2) is 0 Å². The van der Waals surface area contributed by atoms with E-state index in [0.29, 0.717) is 11.6 Å². The minimum absolute atomic E-state index is 0.0379. The molecule has 1 heterocycles. The van der Waals surface area contributed by atoms with Crippen LogP contribution < -0.4 is 4.72 Å². The van der Waals surface area contributed by atoms with E-state index in [4.69, 9.17) is 16.0 Å². The van der Waals surface area contributed by atoms with Gasteiger partial charge in [0.25, 0.3) is 0 Å². The first-order valence-electron chi connectivity index (χ1n) is 5.01. The van der Waals surface area contributed by atoms with E-state index in [2.05, 4.69) is 4.72 Å². The molecule has 0 saturated heterocycles. The van der Waals surface area contributed by atoms with E-state index in [-0.39, 0.29) is 18.2 Å². The van der Waals surface area contributed by atoms with Gasteiger partial charge in [0.2, 0.25) is 10.0 Å². The number of hydrogen-bond acceptors (Lipinski definition) is 3. The van der Waals surface area contributed by atoms with Crippen molar-refractivity contribution in [2.24, 2.45) is 5.92 Å². The van der Waals surface area contributed by atoms with Crippen LogP contribution in [0.1, 0.15) is 18.4 Å². The first-order valence-corrected chi connectivity index (χ1v) is 7.20. The lowest BCUT2D eigenvalue weighted by Gasteiger charge is -2.08. The Balaban J connectivity index is 2.48. The van der Waals surface area contributed by atoms with Crippen molar-refractivity contribution in [3.05, 3.63) is 23.7 Å². The van der Waals surface area contributed by atoms with E-state index >= 15 is 0 Å². The fraction of sp³-hybridized carbons (Fsp3) is 0.600. The van der Waals surface area contributed by atoms with E-state index < -0.39 is 10.0 Å². The number of sulfonamides is 1. The summed E-state index contributed by atoms with van der Waals surface area (Å²) in [7, 11) is -3.28. The van der Waals surface area contributed by atoms with Gasteiger partial charge in [0.1, 0.15) is 11.5 Å². The van der Waals surface area contributed by atoms with Gasteiger partial charge in [-0.3, -0.25) is 0 Å². The highest BCUT2D eigenvalue weighted by atomic mass is 35.5. The molecule has 1 aromatic rings. The Morgan fingerprint density at radius 2 is 2.19 bits per heavy atom. The number of hydrogen-bond donors (Lipinski definition) is 1. The quantitative estimate of drug-likeness (QED) is 0.799. The highest BCUT2D eigenvalue weighted by Gasteiger charge is 2.15. The molecule has 1 N–H and O–H groups in total. The summed E-state index contributed by atoms with van der Waals surface area (Å²) in [6.45, 7) is 3.79. The smallest absolute Gasteiger partial charge is 0.212 e. The summed E-state index contributed by atoms with van der Waals surface area (Å²) in [5.41, 5.74) is 0. The zero-order chi connectivity index (χ0) is 12.2. The third kappa shape index (κ3) is 4.55. The Hall–Kier alpha value is -0.520. The van der Waals surface area contributed by atoms with Gasteiger partial charge in [-0.2, -0.15) is 0 Å². The van der Waals surface area contributed by atoms with Crippen molar-refractivity contribution >= 4 is 21.6 Å². The average molecular weight is 266 g/mol. The fourth-order valence-corrected chi connectivity index (χ4v) is 2.82. The van der Waals surface area contributed by atoms with E-state index in [1.165, 1.54) is 0 Å². The molecule has 6 heteroatoms. The van der Waals surface area contributed by atoms with Crippen molar-refractivity contribution in [3.8, 4) is 0 Å². The van der Waals surface area contributed by atoms with Crippen LogP contribution in [0.5, 0.6) is 0 Å². The molecule has 0 saturated carbocycles. The molecule has 0 spiro atoms. The van der Waals surface area contributed by atoms with E-state index in [9.17, 15) is 8.42 Å². The maximum atomic E-state index is 11.6. The predicted molar refractivity (Wildman–Crippen MR) is 64.0 cm³/mol. The minimum Gasteiger partial charge on any atom is -0.465 e. The monoisotopic (exact) mass is 265 g/mol. The van der Waals surface area contributed by atoms with Crippen LogP contribution in [0.15, 0.2) is 16.5 Å². The number of alkyl halides is 1. The minimum atomic E-state index is -3.28. The van der Waals surface area contributed by atoms with Gasteiger partial charge < -0.3 is 4.42 Å². The van der Waals surface area contributed by atoms with Crippen molar-refractivity contribution in [3.63, 3.8) is 0 Å². The first kappa shape index (κ1) is 13.5. The summed E-state index contributed by atoms with van der Waals surface area (Å²) in [6, 6.07) is 3.55. The first-order chi connectivity index (χ1) is 7.43. The van der Waals surface area contributed by atoms with Crippen LogP contribution in [-0.2, 0) is 16.6 Å². The molecule has 16 heavy (non-hydrogen) atoms. The second-order valence-corrected chi connectivity index (χ2v) is 6.03. The third-order valence-corrected chi connectivity index (χ3v) is 4.15. The SMILES string of the molecule is Cc1ccc(CNS(=O)(=O)CC(C)CCl)o1. The average Bonchev–Trinajstić information content (AvgIpc) is 2.61. The third-order valence-electron chi connectivity index (χ3n) is 2.03. The molecular formula is C10H16ClNO3S. The predicted octanol–water partition coefficient (Wildman–Crippen LogP) is 1.88. The number of nitrogens with one attached hydrogen (secondary N) is 1. The molecule has 0 bridgehead atoms. The maximum absolute atomic E-state index is 11.6. The highest BCUT2D eigenvalue weighted by Crippen LogP contribution is 2.07.